The molecule has 2 aromatic rings. The Labute approximate surface area is 133 Å². The van der Waals surface area contributed by atoms with E-state index in [2.05, 4.69) is 10.3 Å². The van der Waals surface area contributed by atoms with Crippen LogP contribution in [0.4, 0.5) is 4.39 Å². The van der Waals surface area contributed by atoms with Crippen LogP contribution in [-0.4, -0.2) is 24.1 Å². The van der Waals surface area contributed by atoms with E-state index >= 15 is 0 Å². The number of nitrogens with one attached hydrogen (secondary N) is 1. The Hall–Kier alpha value is -1.79. The van der Waals surface area contributed by atoms with Gasteiger partial charge in [0, 0.05) is 12.2 Å². The van der Waals surface area contributed by atoms with Gasteiger partial charge in [0.1, 0.15) is 17.4 Å². The van der Waals surface area contributed by atoms with Crippen molar-refractivity contribution >= 4 is 17.2 Å². The molecule has 1 heterocycles. The van der Waals surface area contributed by atoms with Crippen molar-refractivity contribution in [2.75, 3.05) is 13.2 Å². The summed E-state index contributed by atoms with van der Waals surface area (Å²) in [5.74, 6) is -0.467. The molecule has 1 N–H and O–H groups in total. The van der Waals surface area contributed by atoms with Crippen LogP contribution < -0.4 is 5.32 Å². The Balaban J connectivity index is 2.16. The predicted octanol–water partition coefficient (Wildman–Crippen LogP) is 3.47. The summed E-state index contributed by atoms with van der Waals surface area (Å²) in [6.45, 7) is 6.12. The molecule has 1 aromatic carbocycles. The summed E-state index contributed by atoms with van der Waals surface area (Å²) in [6, 6.07) is 6.36. The van der Waals surface area contributed by atoms with E-state index in [1.54, 1.807) is 18.2 Å². The highest BCUT2D eigenvalue weighted by Crippen LogP contribution is 2.32. The molecule has 22 heavy (non-hydrogen) atoms. The van der Waals surface area contributed by atoms with Gasteiger partial charge in [-0.15, -0.1) is 11.3 Å². The van der Waals surface area contributed by atoms with Crippen LogP contribution in [0.25, 0.3) is 10.6 Å². The van der Waals surface area contributed by atoms with E-state index in [0.717, 1.165) is 10.6 Å². The van der Waals surface area contributed by atoms with Gasteiger partial charge in [-0.3, -0.25) is 4.79 Å². The Morgan fingerprint density at radius 3 is 2.86 bits per heavy atom. The SMILES string of the molecule is CCOCC(=O)NC(C)c1sc(-c2ccccc2F)nc1C. The third-order valence-corrected chi connectivity index (χ3v) is 4.52. The van der Waals surface area contributed by atoms with E-state index < -0.39 is 0 Å². The molecule has 2 rings (SSSR count). The fourth-order valence-corrected chi connectivity index (χ4v) is 3.20. The van der Waals surface area contributed by atoms with Gasteiger partial charge in [-0.05, 0) is 32.9 Å². The van der Waals surface area contributed by atoms with Crippen LogP contribution in [0.5, 0.6) is 0 Å². The van der Waals surface area contributed by atoms with E-state index in [4.69, 9.17) is 4.74 Å². The second kappa shape index (κ2) is 7.47. The lowest BCUT2D eigenvalue weighted by atomic mass is 10.2. The molecule has 0 saturated heterocycles. The van der Waals surface area contributed by atoms with E-state index in [0.29, 0.717) is 17.2 Å². The highest BCUT2D eigenvalue weighted by Gasteiger charge is 2.18. The molecule has 1 aromatic heterocycles. The molecular weight excluding hydrogens is 303 g/mol. The maximum atomic E-state index is 13.8. The Morgan fingerprint density at radius 2 is 2.18 bits per heavy atom. The third kappa shape index (κ3) is 3.90. The number of rotatable bonds is 6. The minimum atomic E-state index is -0.296. The predicted molar refractivity (Wildman–Crippen MR) is 85.3 cm³/mol. The van der Waals surface area contributed by atoms with Crippen LogP contribution in [0, 0.1) is 12.7 Å². The quantitative estimate of drug-likeness (QED) is 0.886. The van der Waals surface area contributed by atoms with Gasteiger partial charge in [0.15, 0.2) is 0 Å². The van der Waals surface area contributed by atoms with Crippen LogP contribution in [0.1, 0.15) is 30.5 Å². The van der Waals surface area contributed by atoms with Crippen molar-refractivity contribution in [3.8, 4) is 10.6 Å². The number of nitrogens with zero attached hydrogens (tertiary/aromatic N) is 1. The van der Waals surface area contributed by atoms with Crippen LogP contribution in [0.3, 0.4) is 0 Å². The average molecular weight is 322 g/mol. The summed E-state index contributed by atoms with van der Waals surface area (Å²) in [6.07, 6.45) is 0. The summed E-state index contributed by atoms with van der Waals surface area (Å²) < 4.78 is 18.9. The first-order valence-corrected chi connectivity index (χ1v) is 7.94. The van der Waals surface area contributed by atoms with Crippen molar-refractivity contribution < 1.29 is 13.9 Å². The largest absolute Gasteiger partial charge is 0.372 e. The number of aryl methyl sites for hydroxylation is 1. The summed E-state index contributed by atoms with van der Waals surface area (Å²) in [5, 5.41) is 3.49. The van der Waals surface area contributed by atoms with Crippen LogP contribution in [0.2, 0.25) is 0 Å². The molecule has 1 atom stereocenters. The first-order valence-electron chi connectivity index (χ1n) is 7.12. The zero-order valence-corrected chi connectivity index (χ0v) is 13.7. The van der Waals surface area contributed by atoms with Crippen molar-refractivity contribution in [2.45, 2.75) is 26.8 Å². The van der Waals surface area contributed by atoms with Gasteiger partial charge in [-0.2, -0.15) is 0 Å². The molecule has 1 amide bonds. The van der Waals surface area contributed by atoms with Crippen LogP contribution in [-0.2, 0) is 9.53 Å². The van der Waals surface area contributed by atoms with E-state index in [-0.39, 0.29) is 24.4 Å². The first-order chi connectivity index (χ1) is 10.5. The number of benzene rings is 1. The molecule has 0 saturated carbocycles. The van der Waals surface area contributed by atoms with Crippen molar-refractivity contribution in [2.24, 2.45) is 0 Å². The van der Waals surface area contributed by atoms with Crippen molar-refractivity contribution in [1.29, 1.82) is 0 Å². The Morgan fingerprint density at radius 1 is 1.45 bits per heavy atom. The molecule has 0 fully saturated rings. The maximum Gasteiger partial charge on any atom is 0.246 e. The molecule has 4 nitrogen and oxygen atoms in total. The standard InChI is InChI=1S/C16H19FN2O2S/c1-4-21-9-14(20)18-10(2)15-11(3)19-16(22-15)12-7-5-6-8-13(12)17/h5-8,10H,4,9H2,1-3H3,(H,18,20). The molecule has 118 valence electrons. The minimum absolute atomic E-state index is 0.0405. The molecule has 0 radical (unpaired) electrons. The molecule has 1 unspecified atom stereocenters. The number of amides is 1. The van der Waals surface area contributed by atoms with Gasteiger partial charge < -0.3 is 10.1 Å². The van der Waals surface area contributed by atoms with Crippen LogP contribution in [0.15, 0.2) is 24.3 Å². The summed E-state index contributed by atoms with van der Waals surface area (Å²) in [7, 11) is 0. The van der Waals surface area contributed by atoms with Crippen molar-refractivity contribution in [1.82, 2.24) is 10.3 Å². The third-order valence-electron chi connectivity index (χ3n) is 3.14. The van der Waals surface area contributed by atoms with Gasteiger partial charge in [0.05, 0.1) is 16.6 Å². The topological polar surface area (TPSA) is 51.2 Å². The zero-order chi connectivity index (χ0) is 16.1. The van der Waals surface area contributed by atoms with E-state index in [1.807, 2.05) is 20.8 Å². The fourth-order valence-electron chi connectivity index (χ4n) is 2.10. The maximum absolute atomic E-state index is 13.8. The first kappa shape index (κ1) is 16.6. The number of carbonyl (C=O) groups is 1. The lowest BCUT2D eigenvalue weighted by molar-refractivity contribution is -0.126. The van der Waals surface area contributed by atoms with Gasteiger partial charge >= 0.3 is 0 Å². The van der Waals surface area contributed by atoms with Gasteiger partial charge in [0.25, 0.3) is 0 Å². The fraction of sp³-hybridized carbons (Fsp3) is 0.375. The van der Waals surface area contributed by atoms with Crippen molar-refractivity contribution in [3.05, 3.63) is 40.7 Å². The van der Waals surface area contributed by atoms with E-state index in [1.165, 1.54) is 17.4 Å². The van der Waals surface area contributed by atoms with Gasteiger partial charge in [0.2, 0.25) is 5.91 Å². The lowest BCUT2D eigenvalue weighted by Crippen LogP contribution is -2.30. The molecule has 0 bridgehead atoms. The highest BCUT2D eigenvalue weighted by atomic mass is 32.1. The normalized spacial score (nSPS) is 12.2. The monoisotopic (exact) mass is 322 g/mol. The van der Waals surface area contributed by atoms with E-state index in [9.17, 15) is 9.18 Å². The molecule has 0 aliphatic heterocycles. The molecule has 0 aliphatic rings. The molecular formula is C16H19FN2O2S. The lowest BCUT2D eigenvalue weighted by Gasteiger charge is -2.12. The second-order valence-electron chi connectivity index (χ2n) is 4.87. The number of hydrogen-bond acceptors (Lipinski definition) is 4. The molecule has 0 aliphatic carbocycles. The van der Waals surface area contributed by atoms with Gasteiger partial charge in [-0.25, -0.2) is 9.37 Å². The number of halogens is 1. The smallest absolute Gasteiger partial charge is 0.246 e. The number of carbonyl (C=O) groups excluding carboxylic acids is 1. The Bertz CT molecular complexity index is 657. The summed E-state index contributed by atoms with van der Waals surface area (Å²) in [4.78, 5) is 17.1. The number of hydrogen-bond donors (Lipinski definition) is 1. The molecule has 6 heteroatoms. The minimum Gasteiger partial charge on any atom is -0.372 e. The second-order valence-corrected chi connectivity index (χ2v) is 5.91. The number of thiazole rings is 1. The van der Waals surface area contributed by atoms with Crippen LogP contribution >= 0.6 is 11.3 Å². The number of aromatic nitrogens is 1. The highest BCUT2D eigenvalue weighted by molar-refractivity contribution is 7.15. The zero-order valence-electron chi connectivity index (χ0n) is 12.9. The number of ether oxygens (including phenoxy) is 1. The molecule has 0 spiro atoms. The Kier molecular flexibility index (Phi) is 5.63. The van der Waals surface area contributed by atoms with Crippen molar-refractivity contribution in [3.63, 3.8) is 0 Å². The summed E-state index contributed by atoms with van der Waals surface area (Å²) >= 11 is 1.39. The van der Waals surface area contributed by atoms with Gasteiger partial charge in [-0.1, -0.05) is 12.1 Å². The average Bonchev–Trinajstić information content (AvgIpc) is 2.87. The summed E-state index contributed by atoms with van der Waals surface area (Å²) in [5.41, 5.74) is 1.28.